The minimum Gasteiger partial charge on any atom is -0.490 e. The monoisotopic (exact) mass is 235 g/mol. The van der Waals surface area contributed by atoms with E-state index < -0.39 is 11.6 Å². The molecule has 0 bridgehead atoms. The maximum absolute atomic E-state index is 12.1. The highest BCUT2D eigenvalue weighted by molar-refractivity contribution is 5.95. The van der Waals surface area contributed by atoms with Gasteiger partial charge in [0, 0.05) is 11.5 Å². The Morgan fingerprint density at radius 2 is 1.88 bits per heavy atom. The number of hydrogen-bond donors (Lipinski definition) is 0. The molecule has 0 radical (unpaired) electrons. The number of halogens is 1. The fraction of sp³-hybridized carbons (Fsp3) is 0.167. The van der Waals surface area contributed by atoms with Crippen LogP contribution in [0, 0.1) is 10.1 Å². The second-order valence-corrected chi connectivity index (χ2v) is 3.42. The van der Waals surface area contributed by atoms with Crippen molar-refractivity contribution in [1.29, 1.82) is 0 Å². The molecule has 2 aromatic carbocycles. The number of ether oxygens (including phenoxy) is 1. The molecule has 2 aromatic rings. The number of fused-ring (bicyclic) bond motifs is 1. The van der Waals surface area contributed by atoms with Gasteiger partial charge in [-0.05, 0) is 12.1 Å². The molecule has 0 saturated carbocycles. The fourth-order valence-corrected chi connectivity index (χ4v) is 1.69. The summed E-state index contributed by atoms with van der Waals surface area (Å²) in [7, 11) is 0. The van der Waals surface area contributed by atoms with E-state index in [9.17, 15) is 14.5 Å². The molecular formula is C12H10FNO3. The van der Waals surface area contributed by atoms with E-state index in [1.807, 2.05) is 0 Å². The highest BCUT2D eigenvalue weighted by Crippen LogP contribution is 2.32. The van der Waals surface area contributed by atoms with Crippen LogP contribution in [0.15, 0.2) is 36.4 Å². The molecule has 0 aliphatic carbocycles. The molecule has 5 heteroatoms. The van der Waals surface area contributed by atoms with Crippen molar-refractivity contribution < 1.29 is 14.1 Å². The maximum atomic E-state index is 12.1. The second-order valence-electron chi connectivity index (χ2n) is 3.42. The van der Waals surface area contributed by atoms with E-state index in [2.05, 4.69) is 0 Å². The first kappa shape index (κ1) is 11.3. The van der Waals surface area contributed by atoms with Crippen LogP contribution in [0.25, 0.3) is 10.8 Å². The van der Waals surface area contributed by atoms with Crippen LogP contribution < -0.4 is 4.74 Å². The van der Waals surface area contributed by atoms with Gasteiger partial charge in [-0.25, -0.2) is 4.39 Å². The summed E-state index contributed by atoms with van der Waals surface area (Å²) in [5, 5.41) is 12.0. The molecular weight excluding hydrogens is 225 g/mol. The minimum atomic E-state index is -0.592. The number of nitrogens with zero attached hydrogens (tertiary/aromatic N) is 1. The standard InChI is InChI=1S/C12H10FNO3/c13-7-8-17-12-6-5-11(14(15)16)9-3-1-2-4-10(9)12/h1-6H,7-8H2. The van der Waals surface area contributed by atoms with E-state index in [4.69, 9.17) is 4.74 Å². The summed E-state index contributed by atoms with van der Waals surface area (Å²) in [4.78, 5) is 10.4. The van der Waals surface area contributed by atoms with E-state index in [1.54, 1.807) is 24.3 Å². The number of non-ortho nitro benzene ring substituents is 1. The van der Waals surface area contributed by atoms with Gasteiger partial charge in [-0.15, -0.1) is 0 Å². The van der Waals surface area contributed by atoms with Gasteiger partial charge in [0.1, 0.15) is 19.0 Å². The number of rotatable bonds is 4. The van der Waals surface area contributed by atoms with E-state index in [0.717, 1.165) is 0 Å². The molecule has 2 rings (SSSR count). The van der Waals surface area contributed by atoms with Crippen molar-refractivity contribution in [1.82, 2.24) is 0 Å². The Morgan fingerprint density at radius 1 is 1.18 bits per heavy atom. The molecule has 0 unspecified atom stereocenters. The molecule has 17 heavy (non-hydrogen) atoms. The van der Waals surface area contributed by atoms with Crippen molar-refractivity contribution in [3.63, 3.8) is 0 Å². The Bertz CT molecular complexity index is 556. The highest BCUT2D eigenvalue weighted by Gasteiger charge is 2.14. The van der Waals surface area contributed by atoms with Crippen molar-refractivity contribution in [2.45, 2.75) is 0 Å². The Hall–Kier alpha value is -2.17. The number of alkyl halides is 1. The Kier molecular flexibility index (Phi) is 3.18. The summed E-state index contributed by atoms with van der Waals surface area (Å²) in [6.45, 7) is -0.646. The SMILES string of the molecule is O=[N+]([O-])c1ccc(OCCF)c2ccccc12. The third-order valence-electron chi connectivity index (χ3n) is 2.39. The highest BCUT2D eigenvalue weighted by atomic mass is 19.1. The van der Waals surface area contributed by atoms with Crippen LogP contribution in [0.3, 0.4) is 0 Å². The molecule has 0 fully saturated rings. The van der Waals surface area contributed by atoms with Crippen molar-refractivity contribution in [2.75, 3.05) is 13.3 Å². The molecule has 0 heterocycles. The number of nitro groups is 1. The predicted octanol–water partition coefficient (Wildman–Crippen LogP) is 3.10. The van der Waals surface area contributed by atoms with Gasteiger partial charge in [-0.2, -0.15) is 0 Å². The van der Waals surface area contributed by atoms with E-state index in [1.165, 1.54) is 12.1 Å². The average Bonchev–Trinajstić information content (AvgIpc) is 2.35. The van der Waals surface area contributed by atoms with E-state index >= 15 is 0 Å². The molecule has 4 nitrogen and oxygen atoms in total. The smallest absolute Gasteiger partial charge is 0.277 e. The van der Waals surface area contributed by atoms with Crippen molar-refractivity contribution in [2.24, 2.45) is 0 Å². The van der Waals surface area contributed by atoms with Crippen LogP contribution >= 0.6 is 0 Å². The van der Waals surface area contributed by atoms with Crippen LogP contribution in [-0.4, -0.2) is 18.2 Å². The summed E-state index contributed by atoms with van der Waals surface area (Å²) >= 11 is 0. The number of benzene rings is 2. The second kappa shape index (κ2) is 4.78. The van der Waals surface area contributed by atoms with Crippen LogP contribution in [0.2, 0.25) is 0 Å². The van der Waals surface area contributed by atoms with Gasteiger partial charge in [0.2, 0.25) is 0 Å². The molecule has 0 spiro atoms. The zero-order valence-electron chi connectivity index (χ0n) is 8.93. The van der Waals surface area contributed by atoms with Crippen LogP contribution in [0.1, 0.15) is 0 Å². The molecule has 0 atom stereocenters. The molecule has 88 valence electrons. The van der Waals surface area contributed by atoms with Crippen molar-refractivity contribution in [3.8, 4) is 5.75 Å². The zero-order chi connectivity index (χ0) is 12.3. The molecule has 0 saturated heterocycles. The fourth-order valence-electron chi connectivity index (χ4n) is 1.69. The Labute approximate surface area is 96.8 Å². The first-order valence-electron chi connectivity index (χ1n) is 5.09. The van der Waals surface area contributed by atoms with E-state index in [0.29, 0.717) is 16.5 Å². The topological polar surface area (TPSA) is 52.4 Å². The molecule has 0 aliphatic rings. The lowest BCUT2D eigenvalue weighted by Gasteiger charge is -2.07. The average molecular weight is 235 g/mol. The first-order valence-corrected chi connectivity index (χ1v) is 5.09. The van der Waals surface area contributed by atoms with Crippen LogP contribution in [0.4, 0.5) is 10.1 Å². The van der Waals surface area contributed by atoms with Gasteiger partial charge in [0.05, 0.1) is 10.3 Å². The lowest BCUT2D eigenvalue weighted by Crippen LogP contribution is -2.00. The molecule has 0 amide bonds. The minimum absolute atomic E-state index is 0.0215. The summed E-state index contributed by atoms with van der Waals surface area (Å²) in [5.41, 5.74) is 0.0215. The van der Waals surface area contributed by atoms with Gasteiger partial charge in [-0.3, -0.25) is 10.1 Å². The largest absolute Gasteiger partial charge is 0.490 e. The summed E-state index contributed by atoms with van der Waals surface area (Å²) < 4.78 is 17.3. The Balaban J connectivity index is 2.58. The Morgan fingerprint density at radius 3 is 2.53 bits per heavy atom. The van der Waals surface area contributed by atoms with Gasteiger partial charge in [0.25, 0.3) is 5.69 Å². The third kappa shape index (κ3) is 2.18. The predicted molar refractivity (Wildman–Crippen MR) is 62.1 cm³/mol. The maximum Gasteiger partial charge on any atom is 0.277 e. The summed E-state index contributed by atoms with van der Waals surface area (Å²) in [6, 6.07) is 9.71. The van der Waals surface area contributed by atoms with Crippen molar-refractivity contribution in [3.05, 3.63) is 46.5 Å². The number of nitro benzene ring substituents is 1. The normalized spacial score (nSPS) is 10.4. The molecule has 0 aromatic heterocycles. The van der Waals surface area contributed by atoms with Crippen LogP contribution in [0.5, 0.6) is 5.75 Å². The van der Waals surface area contributed by atoms with Crippen LogP contribution in [-0.2, 0) is 0 Å². The van der Waals surface area contributed by atoms with Gasteiger partial charge in [-0.1, -0.05) is 18.2 Å². The molecule has 0 N–H and O–H groups in total. The zero-order valence-corrected chi connectivity index (χ0v) is 8.93. The summed E-state index contributed by atoms with van der Waals surface area (Å²) in [5.74, 6) is 0.462. The van der Waals surface area contributed by atoms with Gasteiger partial charge < -0.3 is 4.74 Å². The van der Waals surface area contributed by atoms with Gasteiger partial charge >= 0.3 is 0 Å². The molecule has 0 aliphatic heterocycles. The lowest BCUT2D eigenvalue weighted by atomic mass is 10.1. The van der Waals surface area contributed by atoms with E-state index in [-0.39, 0.29) is 12.3 Å². The van der Waals surface area contributed by atoms with Crippen molar-refractivity contribution >= 4 is 16.5 Å². The lowest BCUT2D eigenvalue weighted by molar-refractivity contribution is -0.383. The number of hydrogen-bond acceptors (Lipinski definition) is 3. The third-order valence-corrected chi connectivity index (χ3v) is 2.39. The first-order chi connectivity index (χ1) is 8.24. The van der Waals surface area contributed by atoms with Gasteiger partial charge in [0.15, 0.2) is 0 Å². The summed E-state index contributed by atoms with van der Waals surface area (Å²) in [6.07, 6.45) is 0. The quantitative estimate of drug-likeness (QED) is 0.604.